The number of nitrogens with one attached hydrogen (secondary N) is 3. The number of carbonyl (C=O) groups is 3. The van der Waals surface area contributed by atoms with Crippen molar-refractivity contribution in [1.82, 2.24) is 25.4 Å². The summed E-state index contributed by atoms with van der Waals surface area (Å²) in [7, 11) is 5.12. The number of nitrogens with zero attached hydrogens (tertiary/aromatic N) is 3. The summed E-state index contributed by atoms with van der Waals surface area (Å²) < 4.78 is 33.1. The molecule has 3 heterocycles. The van der Waals surface area contributed by atoms with Crippen LogP contribution >= 0.6 is 0 Å². The van der Waals surface area contributed by atoms with E-state index >= 15 is 4.39 Å². The van der Waals surface area contributed by atoms with Crippen LogP contribution < -0.4 is 30.2 Å². The number of fused-ring (bicyclic) bond motifs is 1. The van der Waals surface area contributed by atoms with Gasteiger partial charge in [-0.3, -0.25) is 24.3 Å². The molecule has 6 rings (SSSR count). The van der Waals surface area contributed by atoms with Gasteiger partial charge in [-0.05, 0) is 69.0 Å². The van der Waals surface area contributed by atoms with Gasteiger partial charge in [0.25, 0.3) is 0 Å². The Balaban J connectivity index is 1.09. The number of piperidine rings is 1. The summed E-state index contributed by atoms with van der Waals surface area (Å²) in [4.78, 5) is 46.3. The third-order valence-electron chi connectivity index (χ3n) is 9.23. The number of halogens is 1. The number of likely N-dealkylation sites (N-methyl/N-ethyl adjacent to an activating group) is 1. The average Bonchev–Trinajstić information content (AvgIpc) is 3.81. The number of aromatic nitrogens is 1. The lowest BCUT2D eigenvalue weighted by molar-refractivity contribution is -0.134. The maximum Gasteiger partial charge on any atom is 0.240 e. The zero-order valence-corrected chi connectivity index (χ0v) is 27.4. The van der Waals surface area contributed by atoms with Crippen molar-refractivity contribution in [3.8, 4) is 23.0 Å². The van der Waals surface area contributed by atoms with E-state index < -0.39 is 17.1 Å². The second-order valence-corrected chi connectivity index (χ2v) is 12.7. The standard InChI is InChI=1S/C35H41FN6O6/c1-37-32(43)20-42-14-7-22(8-15-42)21-47-31-18-27-25(17-30(31)46-3)28(6-12-38-27)48-29-5-4-23(16-26(29)36)39-33(44)35(10-11-35)34(45)40-24-9-13-41(2)19-24/h4-6,12,16-19,22H,7-11,13-15,20-21H2,1-3H3,(H,37,43)(H,39,44)(H,40,45). The molecule has 254 valence electrons. The number of pyridine rings is 1. The minimum absolute atomic E-state index is 0.0140. The SMILES string of the molecule is CNC(=O)CN1CCC(COc2cc3nccc(Oc4ccc(NC(=O)C5(C(=O)NC6=CN(C)CC6)CC5)cc4F)c3cc2OC)CC1. The van der Waals surface area contributed by atoms with Gasteiger partial charge >= 0.3 is 0 Å². The fourth-order valence-corrected chi connectivity index (χ4v) is 6.06. The van der Waals surface area contributed by atoms with Crippen molar-refractivity contribution in [3.63, 3.8) is 0 Å². The molecule has 0 bridgehead atoms. The molecule has 2 aromatic carbocycles. The minimum atomic E-state index is -1.16. The number of hydrogen-bond acceptors (Lipinski definition) is 9. The van der Waals surface area contributed by atoms with E-state index in [0.29, 0.717) is 66.5 Å². The highest BCUT2D eigenvalue weighted by molar-refractivity contribution is 6.13. The van der Waals surface area contributed by atoms with Crippen molar-refractivity contribution in [3.05, 3.63) is 60.3 Å². The molecule has 3 aliphatic rings. The van der Waals surface area contributed by atoms with Crippen LogP contribution in [-0.2, 0) is 14.4 Å². The van der Waals surface area contributed by atoms with Crippen LogP contribution in [0.4, 0.5) is 10.1 Å². The number of methoxy groups -OCH3 is 1. The monoisotopic (exact) mass is 660 g/mol. The predicted molar refractivity (Wildman–Crippen MR) is 177 cm³/mol. The maximum atomic E-state index is 15.3. The Morgan fingerprint density at radius 3 is 2.42 bits per heavy atom. The summed E-state index contributed by atoms with van der Waals surface area (Å²) >= 11 is 0. The van der Waals surface area contributed by atoms with Crippen LogP contribution in [0.15, 0.2) is 54.5 Å². The van der Waals surface area contributed by atoms with Gasteiger partial charge < -0.3 is 35.1 Å². The molecule has 3 amide bonds. The fraction of sp³-hybridized carbons (Fsp3) is 0.429. The Labute approximate surface area is 278 Å². The highest BCUT2D eigenvalue weighted by Gasteiger charge is 2.56. The quantitative estimate of drug-likeness (QED) is 0.246. The Morgan fingerprint density at radius 2 is 1.75 bits per heavy atom. The number of rotatable bonds is 12. The zero-order chi connectivity index (χ0) is 33.8. The van der Waals surface area contributed by atoms with Crippen molar-refractivity contribution < 1.29 is 33.0 Å². The van der Waals surface area contributed by atoms with Gasteiger partial charge in [0, 0.05) is 68.4 Å². The number of carbonyl (C=O) groups excluding carboxylic acids is 3. The maximum absolute atomic E-state index is 15.3. The Morgan fingerprint density at radius 1 is 0.979 bits per heavy atom. The van der Waals surface area contributed by atoms with Crippen molar-refractivity contribution in [2.45, 2.75) is 32.1 Å². The van der Waals surface area contributed by atoms with E-state index in [0.717, 1.165) is 38.2 Å². The van der Waals surface area contributed by atoms with E-state index in [1.807, 2.05) is 18.1 Å². The van der Waals surface area contributed by atoms with Crippen LogP contribution in [0.5, 0.6) is 23.0 Å². The first kappa shape index (κ1) is 33.0. The molecule has 0 spiro atoms. The minimum Gasteiger partial charge on any atom is -0.493 e. The molecule has 12 nitrogen and oxygen atoms in total. The number of likely N-dealkylation sites (tertiary alicyclic amines) is 1. The van der Waals surface area contributed by atoms with Crippen molar-refractivity contribution in [2.75, 3.05) is 59.3 Å². The average molecular weight is 661 g/mol. The molecule has 1 aromatic heterocycles. The summed E-state index contributed by atoms with van der Waals surface area (Å²) in [5, 5.41) is 8.85. The third-order valence-corrected chi connectivity index (χ3v) is 9.23. The summed E-state index contributed by atoms with van der Waals surface area (Å²) in [5.41, 5.74) is 0.438. The van der Waals surface area contributed by atoms with Gasteiger partial charge in [0.05, 0.1) is 25.8 Å². The lowest BCUT2D eigenvalue weighted by Crippen LogP contribution is -2.41. The van der Waals surface area contributed by atoms with Crippen LogP contribution in [0.2, 0.25) is 0 Å². The molecule has 3 aromatic rings. The largest absolute Gasteiger partial charge is 0.493 e. The molecular weight excluding hydrogens is 619 g/mol. The highest BCUT2D eigenvalue weighted by Crippen LogP contribution is 2.47. The third kappa shape index (κ3) is 7.30. The second kappa shape index (κ2) is 14.1. The number of anilines is 1. The summed E-state index contributed by atoms with van der Waals surface area (Å²) in [6.07, 6.45) is 6.85. The van der Waals surface area contributed by atoms with Gasteiger partial charge in [0.1, 0.15) is 11.2 Å². The first-order valence-corrected chi connectivity index (χ1v) is 16.2. The van der Waals surface area contributed by atoms with Crippen LogP contribution in [0, 0.1) is 17.2 Å². The van der Waals surface area contributed by atoms with Gasteiger partial charge in [0.15, 0.2) is 23.1 Å². The molecule has 48 heavy (non-hydrogen) atoms. The smallest absolute Gasteiger partial charge is 0.240 e. The van der Waals surface area contributed by atoms with Crippen LogP contribution in [0.25, 0.3) is 10.9 Å². The second-order valence-electron chi connectivity index (χ2n) is 12.7. The van der Waals surface area contributed by atoms with Gasteiger partial charge in [-0.25, -0.2) is 4.39 Å². The molecule has 2 aliphatic heterocycles. The Hall–Kier alpha value is -4.91. The van der Waals surface area contributed by atoms with E-state index in [1.54, 1.807) is 38.6 Å². The van der Waals surface area contributed by atoms with Crippen LogP contribution in [0.1, 0.15) is 32.1 Å². The first-order valence-electron chi connectivity index (χ1n) is 16.2. The van der Waals surface area contributed by atoms with E-state index in [9.17, 15) is 14.4 Å². The molecule has 0 atom stereocenters. The lowest BCUT2D eigenvalue weighted by atomic mass is 9.98. The predicted octanol–water partition coefficient (Wildman–Crippen LogP) is 4.02. The van der Waals surface area contributed by atoms with Gasteiger partial charge in [-0.1, -0.05) is 0 Å². The van der Waals surface area contributed by atoms with Gasteiger partial charge in [-0.15, -0.1) is 0 Å². The summed E-state index contributed by atoms with van der Waals surface area (Å²) in [6, 6.07) is 9.32. The molecule has 0 radical (unpaired) electrons. The molecular formula is C35H41FN6O6. The van der Waals surface area contributed by atoms with Crippen molar-refractivity contribution in [2.24, 2.45) is 11.3 Å². The summed E-state index contributed by atoms with van der Waals surface area (Å²) in [5.74, 6) is 0.233. The van der Waals surface area contributed by atoms with Crippen molar-refractivity contribution >= 4 is 34.3 Å². The summed E-state index contributed by atoms with van der Waals surface area (Å²) in [6.45, 7) is 3.38. The first-order chi connectivity index (χ1) is 23.2. The number of amides is 3. The molecule has 3 N–H and O–H groups in total. The zero-order valence-electron chi connectivity index (χ0n) is 27.4. The van der Waals surface area contributed by atoms with Gasteiger partial charge in [0.2, 0.25) is 17.7 Å². The Kier molecular flexibility index (Phi) is 9.67. The van der Waals surface area contributed by atoms with E-state index in [-0.39, 0.29) is 23.3 Å². The normalized spacial score (nSPS) is 17.4. The molecule has 0 unspecified atom stereocenters. The molecule has 2 fully saturated rings. The highest BCUT2D eigenvalue weighted by atomic mass is 19.1. The topological polar surface area (TPSA) is 134 Å². The van der Waals surface area contributed by atoms with E-state index in [1.165, 1.54) is 18.2 Å². The molecule has 13 heteroatoms. The Bertz CT molecular complexity index is 1740. The molecule has 1 saturated carbocycles. The lowest BCUT2D eigenvalue weighted by Gasteiger charge is -2.31. The van der Waals surface area contributed by atoms with Crippen LogP contribution in [-0.4, -0.2) is 86.5 Å². The van der Waals surface area contributed by atoms with E-state index in [4.69, 9.17) is 14.2 Å². The molecule has 1 saturated heterocycles. The number of hydrogen-bond donors (Lipinski definition) is 3. The van der Waals surface area contributed by atoms with E-state index in [2.05, 4.69) is 25.8 Å². The van der Waals surface area contributed by atoms with Gasteiger partial charge in [-0.2, -0.15) is 0 Å². The van der Waals surface area contributed by atoms with Crippen molar-refractivity contribution in [1.29, 1.82) is 0 Å². The number of ether oxygens (including phenoxy) is 3. The number of benzene rings is 2. The molecule has 1 aliphatic carbocycles. The fourth-order valence-electron chi connectivity index (χ4n) is 6.06. The van der Waals surface area contributed by atoms with Crippen LogP contribution in [0.3, 0.4) is 0 Å².